The van der Waals surface area contributed by atoms with Crippen LogP contribution in [0.3, 0.4) is 0 Å². The first-order valence-electron chi connectivity index (χ1n) is 5.39. The quantitative estimate of drug-likeness (QED) is 0.769. The Morgan fingerprint density at radius 1 is 1.31 bits per heavy atom. The van der Waals surface area contributed by atoms with Crippen LogP contribution in [-0.4, -0.2) is 27.3 Å². The maximum Gasteiger partial charge on any atom is 0.322 e. The van der Waals surface area contributed by atoms with E-state index >= 15 is 0 Å². The molecular weight excluding hydrogens is 224 g/mol. The fourth-order valence-electron chi connectivity index (χ4n) is 0.916. The Balaban J connectivity index is 2.65. The molecule has 5 nitrogen and oxygen atoms in total. The molecule has 1 rings (SSSR count). The second-order valence-corrected chi connectivity index (χ2v) is 4.80. The van der Waals surface area contributed by atoms with Gasteiger partial charge in [0.1, 0.15) is 0 Å². The molecule has 0 saturated heterocycles. The topological polar surface area (TPSA) is 73.9 Å². The fourth-order valence-corrected chi connectivity index (χ4v) is 1.70. The van der Waals surface area contributed by atoms with Gasteiger partial charge in [-0.05, 0) is 12.3 Å². The van der Waals surface area contributed by atoms with Crippen molar-refractivity contribution < 1.29 is 4.74 Å². The predicted molar refractivity (Wildman–Crippen MR) is 65.6 cm³/mol. The Morgan fingerprint density at radius 2 is 2.06 bits per heavy atom. The third kappa shape index (κ3) is 4.65. The minimum atomic E-state index is 0.215. The summed E-state index contributed by atoms with van der Waals surface area (Å²) in [4.78, 5) is 12.2. The van der Waals surface area contributed by atoms with Crippen molar-refractivity contribution in [2.45, 2.75) is 32.3 Å². The molecule has 1 aromatic rings. The largest absolute Gasteiger partial charge is 0.463 e. The molecule has 0 unspecified atom stereocenters. The zero-order valence-corrected chi connectivity index (χ0v) is 10.8. The van der Waals surface area contributed by atoms with Crippen LogP contribution in [0.4, 0.5) is 5.95 Å². The highest BCUT2D eigenvalue weighted by Crippen LogP contribution is 2.18. The number of aromatic nitrogens is 3. The van der Waals surface area contributed by atoms with Crippen molar-refractivity contribution in [3.05, 3.63) is 0 Å². The molecule has 90 valence electrons. The average molecular weight is 242 g/mol. The van der Waals surface area contributed by atoms with Crippen molar-refractivity contribution in [3.8, 4) is 6.01 Å². The Hall–Kier alpha value is -1.04. The minimum absolute atomic E-state index is 0.215. The summed E-state index contributed by atoms with van der Waals surface area (Å²) in [6.07, 6.45) is 0.917. The van der Waals surface area contributed by atoms with Crippen molar-refractivity contribution in [1.29, 1.82) is 0 Å². The van der Waals surface area contributed by atoms with E-state index in [2.05, 4.69) is 28.8 Å². The predicted octanol–water partition coefficient (Wildman–Crippen LogP) is 1.99. The van der Waals surface area contributed by atoms with Gasteiger partial charge in [-0.3, -0.25) is 0 Å². The van der Waals surface area contributed by atoms with E-state index in [9.17, 15) is 0 Å². The standard InChI is InChI=1S/C10H18N4OS/c1-4-5-15-9-12-8(11)13-10(14-9)16-6-7(2)3/h7H,4-6H2,1-3H3,(H2,11,12,13,14). The van der Waals surface area contributed by atoms with Gasteiger partial charge in [0, 0.05) is 5.75 Å². The number of hydrogen-bond donors (Lipinski definition) is 1. The van der Waals surface area contributed by atoms with Crippen LogP contribution in [0.5, 0.6) is 6.01 Å². The van der Waals surface area contributed by atoms with Gasteiger partial charge in [0.15, 0.2) is 5.16 Å². The molecular formula is C10H18N4OS. The molecule has 1 aromatic heterocycles. The number of ether oxygens (including phenoxy) is 1. The van der Waals surface area contributed by atoms with Crippen LogP contribution >= 0.6 is 11.8 Å². The minimum Gasteiger partial charge on any atom is -0.463 e. The Bertz CT molecular complexity index is 333. The first kappa shape index (κ1) is 13.0. The molecule has 0 saturated carbocycles. The van der Waals surface area contributed by atoms with Crippen molar-refractivity contribution in [3.63, 3.8) is 0 Å². The summed E-state index contributed by atoms with van der Waals surface area (Å²) in [5.41, 5.74) is 5.58. The monoisotopic (exact) mass is 242 g/mol. The summed E-state index contributed by atoms with van der Waals surface area (Å²) in [5, 5.41) is 0.632. The van der Waals surface area contributed by atoms with E-state index in [1.165, 1.54) is 0 Å². The second kappa shape index (κ2) is 6.52. The molecule has 0 atom stereocenters. The Morgan fingerprint density at radius 3 is 2.69 bits per heavy atom. The van der Waals surface area contributed by atoms with Crippen LogP contribution in [-0.2, 0) is 0 Å². The fraction of sp³-hybridized carbons (Fsp3) is 0.700. The molecule has 0 aliphatic carbocycles. The molecule has 2 N–H and O–H groups in total. The lowest BCUT2D eigenvalue weighted by Crippen LogP contribution is -2.06. The van der Waals surface area contributed by atoms with E-state index in [-0.39, 0.29) is 5.95 Å². The van der Waals surface area contributed by atoms with Crippen molar-refractivity contribution in [2.24, 2.45) is 5.92 Å². The van der Waals surface area contributed by atoms with Crippen LogP contribution in [0.15, 0.2) is 5.16 Å². The van der Waals surface area contributed by atoms with Crippen LogP contribution in [0, 0.1) is 5.92 Å². The summed E-state index contributed by atoms with van der Waals surface area (Å²) in [6.45, 7) is 6.91. The highest BCUT2D eigenvalue weighted by atomic mass is 32.2. The summed E-state index contributed by atoms with van der Waals surface area (Å²) in [6, 6.07) is 0.320. The van der Waals surface area contributed by atoms with E-state index in [4.69, 9.17) is 10.5 Å². The van der Waals surface area contributed by atoms with Gasteiger partial charge in [-0.2, -0.15) is 15.0 Å². The number of hydrogen-bond acceptors (Lipinski definition) is 6. The number of nitrogen functional groups attached to an aromatic ring is 1. The van der Waals surface area contributed by atoms with Crippen molar-refractivity contribution >= 4 is 17.7 Å². The summed E-state index contributed by atoms with van der Waals surface area (Å²) in [5.74, 6) is 1.76. The molecule has 0 aliphatic heterocycles. The second-order valence-electron chi connectivity index (χ2n) is 3.81. The molecule has 0 aliphatic rings. The number of nitrogens with two attached hydrogens (primary N) is 1. The number of nitrogens with zero attached hydrogens (tertiary/aromatic N) is 3. The van der Waals surface area contributed by atoms with E-state index in [0.717, 1.165) is 12.2 Å². The SMILES string of the molecule is CCCOc1nc(N)nc(SCC(C)C)n1. The maximum atomic E-state index is 5.58. The van der Waals surface area contributed by atoms with E-state index in [1.807, 2.05) is 6.92 Å². The van der Waals surface area contributed by atoms with Gasteiger partial charge in [0.25, 0.3) is 0 Å². The molecule has 16 heavy (non-hydrogen) atoms. The lowest BCUT2D eigenvalue weighted by atomic mass is 10.3. The van der Waals surface area contributed by atoms with Crippen molar-refractivity contribution in [1.82, 2.24) is 15.0 Å². The van der Waals surface area contributed by atoms with Crippen molar-refractivity contribution in [2.75, 3.05) is 18.1 Å². The first-order chi connectivity index (χ1) is 7.61. The molecule has 0 bridgehead atoms. The summed E-state index contributed by atoms with van der Waals surface area (Å²) in [7, 11) is 0. The van der Waals surface area contributed by atoms with Gasteiger partial charge < -0.3 is 10.5 Å². The van der Waals surface area contributed by atoms with Crippen LogP contribution in [0.1, 0.15) is 27.2 Å². The molecule has 0 fully saturated rings. The Labute approximate surface area is 100 Å². The van der Waals surface area contributed by atoms with Crippen LogP contribution < -0.4 is 10.5 Å². The van der Waals surface area contributed by atoms with Gasteiger partial charge in [0.2, 0.25) is 5.95 Å². The van der Waals surface area contributed by atoms with E-state index in [1.54, 1.807) is 11.8 Å². The third-order valence-electron chi connectivity index (χ3n) is 1.59. The summed E-state index contributed by atoms with van der Waals surface area (Å²) < 4.78 is 5.33. The zero-order valence-electron chi connectivity index (χ0n) is 9.93. The van der Waals surface area contributed by atoms with Crippen LogP contribution in [0.25, 0.3) is 0 Å². The highest BCUT2D eigenvalue weighted by Gasteiger charge is 2.06. The van der Waals surface area contributed by atoms with Crippen LogP contribution in [0.2, 0.25) is 0 Å². The van der Waals surface area contributed by atoms with Gasteiger partial charge in [-0.1, -0.05) is 32.5 Å². The van der Waals surface area contributed by atoms with Gasteiger partial charge in [-0.25, -0.2) is 0 Å². The maximum absolute atomic E-state index is 5.58. The molecule has 0 radical (unpaired) electrons. The van der Waals surface area contributed by atoms with Gasteiger partial charge >= 0.3 is 6.01 Å². The average Bonchev–Trinajstić information content (AvgIpc) is 2.23. The first-order valence-corrected chi connectivity index (χ1v) is 6.37. The summed E-state index contributed by atoms with van der Waals surface area (Å²) >= 11 is 1.57. The zero-order chi connectivity index (χ0) is 12.0. The van der Waals surface area contributed by atoms with E-state index < -0.39 is 0 Å². The molecule has 6 heteroatoms. The Kier molecular flexibility index (Phi) is 5.31. The lowest BCUT2D eigenvalue weighted by Gasteiger charge is -2.06. The molecule has 0 spiro atoms. The molecule has 1 heterocycles. The number of rotatable bonds is 6. The third-order valence-corrected chi connectivity index (χ3v) is 2.87. The lowest BCUT2D eigenvalue weighted by molar-refractivity contribution is 0.288. The van der Waals surface area contributed by atoms with Gasteiger partial charge in [0.05, 0.1) is 6.61 Å². The smallest absolute Gasteiger partial charge is 0.322 e. The normalized spacial score (nSPS) is 10.8. The molecule has 0 amide bonds. The van der Waals surface area contributed by atoms with Gasteiger partial charge in [-0.15, -0.1) is 0 Å². The number of thioether (sulfide) groups is 1. The number of anilines is 1. The molecule has 0 aromatic carbocycles. The highest BCUT2D eigenvalue weighted by molar-refractivity contribution is 7.99. The van der Waals surface area contributed by atoms with E-state index in [0.29, 0.717) is 23.7 Å².